The van der Waals surface area contributed by atoms with Gasteiger partial charge < -0.3 is 24.6 Å². The number of anilines is 1. The lowest BCUT2D eigenvalue weighted by Crippen LogP contribution is -2.49. The Kier molecular flexibility index (Phi) is 6.71. The number of nitrogens with zero attached hydrogens (tertiary/aromatic N) is 6. The van der Waals surface area contributed by atoms with Crippen LogP contribution in [0.3, 0.4) is 0 Å². The molecule has 1 amide bonds. The summed E-state index contributed by atoms with van der Waals surface area (Å²) < 4.78 is 42.7. The predicted octanol–water partition coefficient (Wildman–Crippen LogP) is 2.14. The largest absolute Gasteiger partial charge is 0.467 e. The van der Waals surface area contributed by atoms with E-state index in [2.05, 4.69) is 20.4 Å². The number of fused-ring (bicyclic) bond motifs is 1. The normalized spacial score (nSPS) is 22.3. The van der Waals surface area contributed by atoms with Gasteiger partial charge in [0.05, 0.1) is 44.4 Å². The molecule has 0 saturated carbocycles. The van der Waals surface area contributed by atoms with Crippen molar-refractivity contribution in [3.05, 3.63) is 35.5 Å². The van der Waals surface area contributed by atoms with Gasteiger partial charge in [0.25, 0.3) is 11.8 Å². The van der Waals surface area contributed by atoms with Crippen molar-refractivity contribution in [2.45, 2.75) is 31.3 Å². The third kappa shape index (κ3) is 4.82. The molecule has 1 N–H and O–H groups in total. The van der Waals surface area contributed by atoms with Crippen molar-refractivity contribution in [1.82, 2.24) is 30.0 Å². The fourth-order valence-electron chi connectivity index (χ4n) is 5.19. The Morgan fingerprint density at radius 1 is 1.22 bits per heavy atom. The van der Waals surface area contributed by atoms with E-state index < -0.39 is 17.9 Å². The minimum absolute atomic E-state index is 0.133. The number of piperidine rings is 1. The van der Waals surface area contributed by atoms with Crippen LogP contribution in [0.1, 0.15) is 23.5 Å². The molecule has 2 aliphatic rings. The van der Waals surface area contributed by atoms with Gasteiger partial charge in [0.15, 0.2) is 11.9 Å². The number of aromatic nitrogens is 4. The molecule has 2 fully saturated rings. The summed E-state index contributed by atoms with van der Waals surface area (Å²) in [5.41, 5.74) is 2.11. The molecular formula is C25H31F2N7O3. The first-order chi connectivity index (χ1) is 17.7. The lowest BCUT2D eigenvalue weighted by molar-refractivity contribution is -0.132. The minimum atomic E-state index is -2.83. The van der Waals surface area contributed by atoms with Gasteiger partial charge in [-0.15, -0.1) is 0 Å². The second kappa shape index (κ2) is 9.82. The Labute approximate surface area is 213 Å². The zero-order valence-corrected chi connectivity index (χ0v) is 21.4. The molecule has 0 spiro atoms. The number of methoxy groups -OCH3 is 1. The number of carbonyl (C=O) groups excluding carboxylic acids is 1. The monoisotopic (exact) mass is 515 g/mol. The van der Waals surface area contributed by atoms with Crippen molar-refractivity contribution >= 4 is 22.6 Å². The number of ether oxygens (including phenoxy) is 2. The molecule has 4 heterocycles. The molecule has 10 nitrogen and oxygen atoms in total. The first kappa shape index (κ1) is 25.3. The van der Waals surface area contributed by atoms with Crippen LogP contribution in [-0.2, 0) is 9.53 Å². The third-order valence-electron chi connectivity index (χ3n) is 7.13. The average molecular weight is 516 g/mol. The number of rotatable bonds is 5. The van der Waals surface area contributed by atoms with Crippen molar-refractivity contribution in [2.75, 3.05) is 58.9 Å². The lowest BCUT2D eigenvalue weighted by atomic mass is 9.83. The number of amides is 1. The summed E-state index contributed by atoms with van der Waals surface area (Å²) in [5.74, 6) is -2.93. The highest BCUT2D eigenvalue weighted by molar-refractivity contribution is 5.83. The molecular weight excluding hydrogens is 484 g/mol. The summed E-state index contributed by atoms with van der Waals surface area (Å²) in [6.45, 7) is 3.41. The summed E-state index contributed by atoms with van der Waals surface area (Å²) in [7, 11) is 4.76. The number of alkyl halides is 2. The number of hydrogen-bond donors (Lipinski definition) is 1. The van der Waals surface area contributed by atoms with E-state index in [0.717, 1.165) is 10.9 Å². The maximum absolute atomic E-state index is 15.1. The highest BCUT2D eigenvalue weighted by atomic mass is 19.3. The van der Waals surface area contributed by atoms with E-state index in [0.29, 0.717) is 55.4 Å². The van der Waals surface area contributed by atoms with Crippen LogP contribution in [0.4, 0.5) is 14.6 Å². The smallest absolute Gasteiger partial charge is 0.320 e. The van der Waals surface area contributed by atoms with Crippen LogP contribution in [0.25, 0.3) is 16.7 Å². The summed E-state index contributed by atoms with van der Waals surface area (Å²) in [6, 6.07) is 5.60. The highest BCUT2D eigenvalue weighted by Gasteiger charge is 2.45. The summed E-state index contributed by atoms with van der Waals surface area (Å²) >= 11 is 0. The number of hydrogen-bond acceptors (Lipinski definition) is 8. The molecule has 198 valence electrons. The topological polar surface area (TPSA) is 97.6 Å². The maximum Gasteiger partial charge on any atom is 0.320 e. The molecule has 1 unspecified atom stereocenters. The van der Waals surface area contributed by atoms with Gasteiger partial charge in [-0.3, -0.25) is 4.79 Å². The molecule has 2 aliphatic heterocycles. The van der Waals surface area contributed by atoms with Crippen molar-refractivity contribution < 1.29 is 23.0 Å². The number of likely N-dealkylation sites (tertiary alicyclic amines) is 1. The number of morpholine rings is 1. The fraction of sp³-hybridized carbons (Fsp3) is 0.520. The lowest BCUT2D eigenvalue weighted by Gasteiger charge is -2.37. The number of nitrogens with one attached hydrogen (secondary N) is 1. The Balaban J connectivity index is 1.55. The molecule has 2 atom stereocenters. The average Bonchev–Trinajstić information content (AvgIpc) is 3.29. The SMILES string of the molecule is CNC(=O)[C@H]1CN(c2cc(-n3ncc4cc(C)c(C5CCN(C)CC5(F)F)cc43)nc(OC)n2)CCO1. The van der Waals surface area contributed by atoms with Gasteiger partial charge in [-0.25, -0.2) is 13.5 Å². The standard InChI is InChI=1S/C25H31F2N7O3/c1-15-9-16-12-29-34(19(16)10-17(15)18-5-6-32(3)14-25(18,26)27)22-11-21(30-24(31-22)36-4)33-7-8-37-20(13-33)23(35)28-2/h9-12,18,20H,5-8,13-14H2,1-4H3,(H,28,35)/t18?,20-/m1/s1. The van der Waals surface area contributed by atoms with E-state index in [1.807, 2.05) is 24.0 Å². The van der Waals surface area contributed by atoms with E-state index in [-0.39, 0.29) is 18.5 Å². The number of benzene rings is 1. The van der Waals surface area contributed by atoms with Crippen molar-refractivity contribution in [2.24, 2.45) is 0 Å². The molecule has 5 rings (SSSR count). The van der Waals surface area contributed by atoms with Crippen molar-refractivity contribution in [3.8, 4) is 11.8 Å². The van der Waals surface area contributed by atoms with Crippen LogP contribution < -0.4 is 15.0 Å². The molecule has 0 bridgehead atoms. The zero-order chi connectivity index (χ0) is 26.3. The minimum Gasteiger partial charge on any atom is -0.467 e. The fourth-order valence-corrected chi connectivity index (χ4v) is 5.19. The molecule has 1 aromatic carbocycles. The van der Waals surface area contributed by atoms with Crippen LogP contribution in [0.5, 0.6) is 6.01 Å². The Morgan fingerprint density at radius 2 is 2.00 bits per heavy atom. The Bertz CT molecular complexity index is 1310. The van der Waals surface area contributed by atoms with Gasteiger partial charge in [0.2, 0.25) is 0 Å². The molecule has 3 aromatic rings. The van der Waals surface area contributed by atoms with Crippen LogP contribution in [0.2, 0.25) is 0 Å². The van der Waals surface area contributed by atoms with Gasteiger partial charge in [-0.1, -0.05) is 0 Å². The molecule has 37 heavy (non-hydrogen) atoms. The number of carbonyl (C=O) groups is 1. The van der Waals surface area contributed by atoms with E-state index in [1.165, 1.54) is 7.11 Å². The second-order valence-corrected chi connectivity index (χ2v) is 9.65. The second-order valence-electron chi connectivity index (χ2n) is 9.65. The maximum atomic E-state index is 15.1. The van der Waals surface area contributed by atoms with E-state index in [9.17, 15) is 4.79 Å². The van der Waals surface area contributed by atoms with Gasteiger partial charge in [0, 0.05) is 25.0 Å². The van der Waals surface area contributed by atoms with Gasteiger partial charge in [0.1, 0.15) is 5.82 Å². The third-order valence-corrected chi connectivity index (χ3v) is 7.13. The van der Waals surface area contributed by atoms with E-state index in [4.69, 9.17) is 9.47 Å². The quantitative estimate of drug-likeness (QED) is 0.552. The van der Waals surface area contributed by atoms with E-state index >= 15 is 8.78 Å². The first-order valence-electron chi connectivity index (χ1n) is 12.3. The van der Waals surface area contributed by atoms with Gasteiger partial charge in [-0.05, 0) is 50.2 Å². The molecule has 0 radical (unpaired) electrons. The highest BCUT2D eigenvalue weighted by Crippen LogP contribution is 2.42. The molecule has 12 heteroatoms. The van der Waals surface area contributed by atoms with Gasteiger partial charge >= 0.3 is 6.01 Å². The van der Waals surface area contributed by atoms with E-state index in [1.54, 1.807) is 35.9 Å². The Hall–Kier alpha value is -3.38. The molecule has 2 aromatic heterocycles. The summed E-state index contributed by atoms with van der Waals surface area (Å²) in [5, 5.41) is 7.96. The van der Waals surface area contributed by atoms with Gasteiger partial charge in [-0.2, -0.15) is 15.1 Å². The van der Waals surface area contributed by atoms with Crippen LogP contribution in [0, 0.1) is 6.92 Å². The first-order valence-corrected chi connectivity index (χ1v) is 12.3. The van der Waals surface area contributed by atoms with Crippen LogP contribution in [0.15, 0.2) is 24.4 Å². The summed E-state index contributed by atoms with van der Waals surface area (Å²) in [6.07, 6.45) is 1.44. The predicted molar refractivity (Wildman–Crippen MR) is 134 cm³/mol. The molecule has 2 saturated heterocycles. The number of halogens is 2. The Morgan fingerprint density at radius 3 is 2.73 bits per heavy atom. The number of aryl methyl sites for hydroxylation is 1. The zero-order valence-electron chi connectivity index (χ0n) is 21.4. The van der Waals surface area contributed by atoms with Crippen LogP contribution in [-0.4, -0.2) is 96.6 Å². The van der Waals surface area contributed by atoms with Crippen molar-refractivity contribution in [3.63, 3.8) is 0 Å². The van der Waals surface area contributed by atoms with Crippen molar-refractivity contribution in [1.29, 1.82) is 0 Å². The van der Waals surface area contributed by atoms with Crippen LogP contribution >= 0.6 is 0 Å². The summed E-state index contributed by atoms with van der Waals surface area (Å²) in [4.78, 5) is 24.7. The number of likely N-dealkylation sites (N-methyl/N-ethyl adjacent to an activating group) is 1. The molecule has 0 aliphatic carbocycles.